The van der Waals surface area contributed by atoms with Crippen LogP contribution in [0.2, 0.25) is 0 Å². The Morgan fingerprint density at radius 1 is 1.07 bits per heavy atom. The Hall–Kier alpha value is -1.51. The molecule has 0 spiro atoms. The van der Waals surface area contributed by atoms with Crippen LogP contribution in [-0.2, 0) is 0 Å². The number of nitrogen functional groups attached to an aromatic ring is 1. The number of nitrogens with one attached hydrogen (secondary N) is 1. The highest BCUT2D eigenvalue weighted by molar-refractivity contribution is 5.86. The Kier molecular flexibility index (Phi) is 3.22. The second-order valence-corrected chi connectivity index (χ2v) is 3.94. The Bertz CT molecular complexity index is 350. The molecule has 1 aromatic rings. The number of para-hydroxylation sites is 2. The van der Waals surface area contributed by atoms with Crippen LogP contribution in [0.15, 0.2) is 29.4 Å². The van der Waals surface area contributed by atoms with Gasteiger partial charge in [-0.1, -0.05) is 18.6 Å². The van der Waals surface area contributed by atoms with Crippen LogP contribution in [0.3, 0.4) is 0 Å². The minimum atomic E-state index is 0.748. The quantitative estimate of drug-likeness (QED) is 0.573. The lowest BCUT2D eigenvalue weighted by molar-refractivity contribution is 0.665. The molecule has 3 heteroatoms. The van der Waals surface area contributed by atoms with E-state index in [0.717, 1.165) is 24.2 Å². The number of hydrazone groups is 1. The van der Waals surface area contributed by atoms with Gasteiger partial charge in [0.2, 0.25) is 0 Å². The number of hydrogen-bond acceptors (Lipinski definition) is 3. The molecule has 0 bridgehead atoms. The largest absolute Gasteiger partial charge is 0.397 e. The van der Waals surface area contributed by atoms with E-state index in [1.54, 1.807) is 0 Å². The number of hydrogen-bond donors (Lipinski definition) is 2. The Morgan fingerprint density at radius 2 is 1.80 bits per heavy atom. The molecule has 1 aliphatic rings. The number of nitrogens with two attached hydrogens (primary N) is 1. The molecule has 1 aromatic carbocycles. The zero-order chi connectivity index (χ0) is 10.5. The standard InChI is InChI=1S/C12H17N3/c13-11-8-4-5-9-12(11)15-14-10-6-2-1-3-7-10/h4-5,8-9,15H,1-3,6-7,13H2. The van der Waals surface area contributed by atoms with E-state index in [-0.39, 0.29) is 0 Å². The van der Waals surface area contributed by atoms with Gasteiger partial charge in [-0.2, -0.15) is 5.10 Å². The third-order valence-corrected chi connectivity index (χ3v) is 2.73. The summed E-state index contributed by atoms with van der Waals surface area (Å²) in [5, 5.41) is 4.40. The number of nitrogens with zero attached hydrogens (tertiary/aromatic N) is 1. The van der Waals surface area contributed by atoms with E-state index in [0.29, 0.717) is 0 Å². The molecule has 3 N–H and O–H groups in total. The zero-order valence-electron chi connectivity index (χ0n) is 8.87. The second kappa shape index (κ2) is 4.82. The maximum absolute atomic E-state index is 5.80. The fourth-order valence-corrected chi connectivity index (χ4v) is 1.81. The van der Waals surface area contributed by atoms with Gasteiger partial charge < -0.3 is 5.73 Å². The van der Waals surface area contributed by atoms with Gasteiger partial charge in [0, 0.05) is 5.71 Å². The molecule has 0 amide bonds. The van der Waals surface area contributed by atoms with Gasteiger partial charge in [-0.15, -0.1) is 0 Å². The first-order valence-corrected chi connectivity index (χ1v) is 5.52. The molecule has 0 aromatic heterocycles. The minimum absolute atomic E-state index is 0.748. The maximum atomic E-state index is 5.80. The van der Waals surface area contributed by atoms with Crippen molar-refractivity contribution in [3.63, 3.8) is 0 Å². The summed E-state index contributed by atoms with van der Waals surface area (Å²) >= 11 is 0. The first kappa shape index (κ1) is 10.0. The van der Waals surface area contributed by atoms with Crippen LogP contribution in [0, 0.1) is 0 Å². The summed E-state index contributed by atoms with van der Waals surface area (Å²) in [6.45, 7) is 0. The highest BCUT2D eigenvalue weighted by Gasteiger charge is 2.06. The fraction of sp³-hybridized carbons (Fsp3) is 0.417. The molecular weight excluding hydrogens is 186 g/mol. The molecule has 0 atom stereocenters. The van der Waals surface area contributed by atoms with Crippen LogP contribution in [-0.4, -0.2) is 5.71 Å². The van der Waals surface area contributed by atoms with Crippen LogP contribution < -0.4 is 11.2 Å². The SMILES string of the molecule is Nc1ccccc1NN=C1CCCCC1. The zero-order valence-corrected chi connectivity index (χ0v) is 8.87. The molecular formula is C12H17N3. The van der Waals surface area contributed by atoms with Crippen LogP contribution in [0.4, 0.5) is 11.4 Å². The molecule has 2 rings (SSSR count). The van der Waals surface area contributed by atoms with Crippen molar-refractivity contribution in [2.24, 2.45) is 5.10 Å². The van der Waals surface area contributed by atoms with E-state index in [2.05, 4.69) is 10.5 Å². The average molecular weight is 203 g/mol. The monoisotopic (exact) mass is 203 g/mol. The first-order valence-electron chi connectivity index (χ1n) is 5.52. The Labute approximate surface area is 90.4 Å². The van der Waals surface area contributed by atoms with Gasteiger partial charge in [0.1, 0.15) is 0 Å². The molecule has 15 heavy (non-hydrogen) atoms. The molecule has 0 unspecified atom stereocenters. The van der Waals surface area contributed by atoms with Crippen molar-refractivity contribution >= 4 is 17.1 Å². The van der Waals surface area contributed by atoms with Crippen molar-refractivity contribution in [3.05, 3.63) is 24.3 Å². The normalized spacial score (nSPS) is 16.1. The van der Waals surface area contributed by atoms with Crippen molar-refractivity contribution in [2.75, 3.05) is 11.2 Å². The summed E-state index contributed by atoms with van der Waals surface area (Å²) in [5.74, 6) is 0. The topological polar surface area (TPSA) is 50.4 Å². The van der Waals surface area contributed by atoms with Gasteiger partial charge in [-0.25, -0.2) is 0 Å². The predicted octanol–water partition coefficient (Wildman–Crippen LogP) is 3.00. The summed E-state index contributed by atoms with van der Waals surface area (Å²) in [4.78, 5) is 0. The molecule has 0 radical (unpaired) electrons. The smallest absolute Gasteiger partial charge is 0.0791 e. The van der Waals surface area contributed by atoms with E-state index in [4.69, 9.17) is 5.73 Å². The number of benzene rings is 1. The second-order valence-electron chi connectivity index (χ2n) is 3.94. The van der Waals surface area contributed by atoms with E-state index in [9.17, 15) is 0 Å². The fourth-order valence-electron chi connectivity index (χ4n) is 1.81. The summed E-state index contributed by atoms with van der Waals surface area (Å²) < 4.78 is 0. The lowest BCUT2D eigenvalue weighted by Gasteiger charge is -2.12. The Balaban J connectivity index is 2.00. The number of rotatable bonds is 2. The van der Waals surface area contributed by atoms with Gasteiger partial charge in [0.25, 0.3) is 0 Å². The van der Waals surface area contributed by atoms with Crippen molar-refractivity contribution < 1.29 is 0 Å². The van der Waals surface area contributed by atoms with Crippen LogP contribution in [0.1, 0.15) is 32.1 Å². The molecule has 0 saturated heterocycles. The van der Waals surface area contributed by atoms with Crippen LogP contribution in [0.5, 0.6) is 0 Å². The molecule has 0 heterocycles. The number of anilines is 2. The van der Waals surface area contributed by atoms with Crippen LogP contribution >= 0.6 is 0 Å². The minimum Gasteiger partial charge on any atom is -0.397 e. The van der Waals surface area contributed by atoms with Crippen LogP contribution in [0.25, 0.3) is 0 Å². The summed E-state index contributed by atoms with van der Waals surface area (Å²) in [6, 6.07) is 7.71. The summed E-state index contributed by atoms with van der Waals surface area (Å²) in [5.41, 5.74) is 11.8. The first-order chi connectivity index (χ1) is 7.36. The van der Waals surface area contributed by atoms with E-state index in [1.165, 1.54) is 25.0 Å². The average Bonchev–Trinajstić information content (AvgIpc) is 2.29. The van der Waals surface area contributed by atoms with Gasteiger partial charge in [0.05, 0.1) is 11.4 Å². The maximum Gasteiger partial charge on any atom is 0.0791 e. The van der Waals surface area contributed by atoms with Gasteiger partial charge in [-0.3, -0.25) is 5.43 Å². The van der Waals surface area contributed by atoms with E-state index in [1.807, 2.05) is 24.3 Å². The summed E-state index contributed by atoms with van der Waals surface area (Å²) in [6.07, 6.45) is 6.13. The highest BCUT2D eigenvalue weighted by atomic mass is 15.3. The lowest BCUT2D eigenvalue weighted by Crippen LogP contribution is -2.07. The lowest BCUT2D eigenvalue weighted by atomic mass is 9.99. The molecule has 80 valence electrons. The van der Waals surface area contributed by atoms with Crippen molar-refractivity contribution in [2.45, 2.75) is 32.1 Å². The molecule has 1 saturated carbocycles. The molecule has 1 aliphatic carbocycles. The van der Waals surface area contributed by atoms with E-state index >= 15 is 0 Å². The van der Waals surface area contributed by atoms with Crippen molar-refractivity contribution in [1.82, 2.24) is 0 Å². The van der Waals surface area contributed by atoms with Gasteiger partial charge in [0.15, 0.2) is 0 Å². The third-order valence-electron chi connectivity index (χ3n) is 2.73. The predicted molar refractivity (Wildman–Crippen MR) is 65.0 cm³/mol. The molecule has 3 nitrogen and oxygen atoms in total. The van der Waals surface area contributed by atoms with Gasteiger partial charge in [-0.05, 0) is 37.8 Å². The highest BCUT2D eigenvalue weighted by Crippen LogP contribution is 2.18. The third kappa shape index (κ3) is 2.72. The molecule has 1 fully saturated rings. The van der Waals surface area contributed by atoms with Gasteiger partial charge >= 0.3 is 0 Å². The Morgan fingerprint density at radius 3 is 2.53 bits per heavy atom. The van der Waals surface area contributed by atoms with Crippen molar-refractivity contribution in [3.8, 4) is 0 Å². The molecule has 0 aliphatic heterocycles. The van der Waals surface area contributed by atoms with E-state index < -0.39 is 0 Å². The summed E-state index contributed by atoms with van der Waals surface area (Å²) in [7, 11) is 0. The van der Waals surface area contributed by atoms with Crippen molar-refractivity contribution in [1.29, 1.82) is 0 Å².